The molecule has 0 N–H and O–H groups in total. The van der Waals surface area contributed by atoms with Crippen LogP contribution in [0.3, 0.4) is 0 Å². The lowest BCUT2D eigenvalue weighted by atomic mass is 9.69. The highest BCUT2D eigenvalue weighted by atomic mass is 35.5. The van der Waals surface area contributed by atoms with Crippen LogP contribution in [0.4, 0.5) is 0 Å². The monoisotopic (exact) mass is 339 g/mol. The summed E-state index contributed by atoms with van der Waals surface area (Å²) in [6, 6.07) is 10.2. The molecule has 1 heterocycles. The lowest BCUT2D eigenvalue weighted by Crippen LogP contribution is -2.59. The molecule has 0 aliphatic carbocycles. The van der Waals surface area contributed by atoms with E-state index in [2.05, 4.69) is 17.0 Å². The van der Waals surface area contributed by atoms with E-state index in [1.165, 1.54) is 5.56 Å². The molecule has 0 radical (unpaired) electrons. The van der Waals surface area contributed by atoms with Gasteiger partial charge in [0.25, 0.3) is 0 Å². The Bertz CT molecular complexity index is 544. The minimum Gasteiger partial charge on any atom is -0.465 e. The van der Waals surface area contributed by atoms with E-state index in [9.17, 15) is 9.59 Å². The van der Waals surface area contributed by atoms with Crippen LogP contribution in [0.2, 0.25) is 0 Å². The lowest BCUT2D eigenvalue weighted by molar-refractivity contribution is -0.160. The number of ether oxygens (including phenoxy) is 1. The van der Waals surface area contributed by atoms with Crippen molar-refractivity contribution in [3.8, 4) is 0 Å². The maximum Gasteiger partial charge on any atom is 0.317 e. The van der Waals surface area contributed by atoms with Crippen molar-refractivity contribution in [3.63, 3.8) is 0 Å². The molecule has 0 spiro atoms. The number of hydrogen-bond donors (Lipinski definition) is 0. The normalized spacial score (nSPS) is 23.9. The van der Waals surface area contributed by atoms with Gasteiger partial charge in [-0.1, -0.05) is 44.2 Å². The number of hydrogen-bond acceptors (Lipinski definition) is 4. The lowest BCUT2D eigenvalue weighted by Gasteiger charge is -2.46. The van der Waals surface area contributed by atoms with Crippen LogP contribution in [0.15, 0.2) is 30.3 Å². The summed E-state index contributed by atoms with van der Waals surface area (Å²) in [5, 5.41) is 0. The number of nitrogens with zero attached hydrogens (tertiary/aromatic N) is 1. The van der Waals surface area contributed by atoms with Crippen molar-refractivity contribution in [3.05, 3.63) is 35.9 Å². The van der Waals surface area contributed by atoms with Gasteiger partial charge in [-0.25, -0.2) is 0 Å². The highest BCUT2D eigenvalue weighted by molar-refractivity contribution is 6.03. The molecule has 128 valence electrons. The van der Waals surface area contributed by atoms with E-state index in [-0.39, 0.29) is 24.2 Å². The number of piperidine rings is 1. The Labute approximate surface area is 144 Å². The minimum atomic E-state index is -0.674. The number of benzene rings is 1. The summed E-state index contributed by atoms with van der Waals surface area (Å²) in [7, 11) is 1.98. The summed E-state index contributed by atoms with van der Waals surface area (Å²) >= 11 is 0. The first-order valence-electron chi connectivity index (χ1n) is 7.83. The Morgan fingerprint density at radius 3 is 2.48 bits per heavy atom. The number of likely N-dealkylation sites (N-methyl/N-ethyl adjacent to an activating group) is 1. The fraction of sp³-hybridized carbons (Fsp3) is 0.556. The van der Waals surface area contributed by atoms with Crippen molar-refractivity contribution < 1.29 is 14.3 Å². The third-order valence-electron chi connectivity index (χ3n) is 4.63. The summed E-state index contributed by atoms with van der Waals surface area (Å²) in [6.45, 7) is 6.37. The smallest absolute Gasteiger partial charge is 0.317 e. The second-order valence-corrected chi connectivity index (χ2v) is 6.54. The molecule has 1 aliphatic heterocycles. The van der Waals surface area contributed by atoms with Crippen LogP contribution in [0, 0.1) is 11.3 Å². The predicted octanol–water partition coefficient (Wildman–Crippen LogP) is 2.74. The van der Waals surface area contributed by atoms with Crippen LogP contribution in [0.25, 0.3) is 0 Å². The molecule has 0 amide bonds. The van der Waals surface area contributed by atoms with Gasteiger partial charge < -0.3 is 9.64 Å². The number of esters is 1. The quantitative estimate of drug-likeness (QED) is 0.625. The summed E-state index contributed by atoms with van der Waals surface area (Å²) in [5.41, 5.74) is 0.620. The van der Waals surface area contributed by atoms with E-state index in [0.29, 0.717) is 13.2 Å². The summed E-state index contributed by atoms with van der Waals surface area (Å²) < 4.78 is 5.06. The highest BCUT2D eigenvalue weighted by Crippen LogP contribution is 2.36. The molecule has 1 aromatic rings. The Morgan fingerprint density at radius 2 is 1.91 bits per heavy atom. The van der Waals surface area contributed by atoms with E-state index in [4.69, 9.17) is 4.74 Å². The average Bonchev–Trinajstić information content (AvgIpc) is 2.49. The van der Waals surface area contributed by atoms with E-state index >= 15 is 0 Å². The summed E-state index contributed by atoms with van der Waals surface area (Å²) in [5.74, 6) is -1.08. The van der Waals surface area contributed by atoms with Gasteiger partial charge in [-0.2, -0.15) is 0 Å². The van der Waals surface area contributed by atoms with Crippen molar-refractivity contribution in [2.75, 3.05) is 20.2 Å². The van der Waals surface area contributed by atoms with Crippen LogP contribution in [0.1, 0.15) is 26.3 Å². The highest BCUT2D eigenvalue weighted by Gasteiger charge is 2.49. The minimum absolute atomic E-state index is 0. The van der Waals surface area contributed by atoms with Crippen LogP contribution < -0.4 is 0 Å². The van der Waals surface area contributed by atoms with Crippen LogP contribution >= 0.6 is 12.4 Å². The summed E-state index contributed by atoms with van der Waals surface area (Å²) in [4.78, 5) is 26.9. The molecule has 0 aromatic heterocycles. The Balaban J connectivity index is 0.00000264. The maximum atomic E-state index is 12.8. The van der Waals surface area contributed by atoms with Gasteiger partial charge in [0.05, 0.1) is 6.61 Å². The standard InChI is InChI=1S/C18H25NO3.ClH/c1-5-22-17(21)14-12-19(4)15(18(2,3)16(14)20)11-13-9-7-6-8-10-13;/h6-10,14-15H,5,11-12H2,1-4H3;1H. The summed E-state index contributed by atoms with van der Waals surface area (Å²) in [6.07, 6.45) is 0.797. The van der Waals surface area contributed by atoms with Gasteiger partial charge in [0.1, 0.15) is 5.92 Å². The first-order chi connectivity index (χ1) is 10.4. The number of likely N-dealkylation sites (tertiary alicyclic amines) is 1. The number of carbonyl (C=O) groups is 2. The van der Waals surface area contributed by atoms with Crippen molar-refractivity contribution in [2.45, 2.75) is 33.2 Å². The zero-order valence-corrected chi connectivity index (χ0v) is 15.1. The molecule has 1 aromatic carbocycles. The average molecular weight is 340 g/mol. The zero-order chi connectivity index (χ0) is 16.3. The molecule has 2 atom stereocenters. The SMILES string of the molecule is CCOC(=O)C1CN(C)C(Cc2ccccc2)C(C)(C)C1=O.Cl. The number of rotatable bonds is 4. The van der Waals surface area contributed by atoms with Gasteiger partial charge in [0.2, 0.25) is 0 Å². The van der Waals surface area contributed by atoms with Crippen LogP contribution in [-0.2, 0) is 20.7 Å². The Morgan fingerprint density at radius 1 is 1.30 bits per heavy atom. The second-order valence-electron chi connectivity index (χ2n) is 6.54. The molecule has 1 saturated heterocycles. The molecule has 2 unspecified atom stereocenters. The van der Waals surface area contributed by atoms with E-state index < -0.39 is 17.3 Å². The molecule has 1 fully saturated rings. The predicted molar refractivity (Wildman–Crippen MR) is 92.7 cm³/mol. The van der Waals surface area contributed by atoms with E-state index in [0.717, 1.165) is 6.42 Å². The first-order valence-corrected chi connectivity index (χ1v) is 7.83. The second kappa shape index (κ2) is 7.93. The number of carbonyl (C=O) groups excluding carboxylic acids is 2. The third-order valence-corrected chi connectivity index (χ3v) is 4.63. The number of Topliss-reactive ketones (excluding diaryl/α,β-unsaturated/α-hetero) is 1. The topological polar surface area (TPSA) is 46.6 Å². The molecule has 1 aliphatic rings. The van der Waals surface area contributed by atoms with Gasteiger partial charge in [0.15, 0.2) is 5.78 Å². The van der Waals surface area contributed by atoms with Crippen molar-refractivity contribution >= 4 is 24.2 Å². The Kier molecular flexibility index (Phi) is 6.78. The number of halogens is 1. The molecule has 23 heavy (non-hydrogen) atoms. The van der Waals surface area contributed by atoms with Crippen LogP contribution in [-0.4, -0.2) is 42.9 Å². The van der Waals surface area contributed by atoms with Crippen molar-refractivity contribution in [2.24, 2.45) is 11.3 Å². The van der Waals surface area contributed by atoms with E-state index in [1.54, 1.807) is 6.92 Å². The first kappa shape index (κ1) is 19.7. The van der Waals surface area contributed by atoms with Crippen LogP contribution in [0.5, 0.6) is 0 Å². The fourth-order valence-corrected chi connectivity index (χ4v) is 3.34. The zero-order valence-electron chi connectivity index (χ0n) is 14.2. The van der Waals surface area contributed by atoms with E-state index in [1.807, 2.05) is 39.1 Å². The maximum absolute atomic E-state index is 12.8. The van der Waals surface area contributed by atoms with Gasteiger partial charge in [-0.3, -0.25) is 9.59 Å². The third kappa shape index (κ3) is 4.12. The van der Waals surface area contributed by atoms with Gasteiger partial charge in [-0.05, 0) is 26.0 Å². The molecule has 5 heteroatoms. The molecule has 0 bridgehead atoms. The molecular formula is C18H26ClNO3. The van der Waals surface area contributed by atoms with Gasteiger partial charge in [0, 0.05) is 18.0 Å². The van der Waals surface area contributed by atoms with Gasteiger partial charge in [-0.15, -0.1) is 12.4 Å². The number of ketones is 1. The fourth-order valence-electron chi connectivity index (χ4n) is 3.34. The van der Waals surface area contributed by atoms with Crippen molar-refractivity contribution in [1.82, 2.24) is 4.90 Å². The molecule has 4 nitrogen and oxygen atoms in total. The Hall–Kier alpha value is -1.39. The molecule has 0 saturated carbocycles. The largest absolute Gasteiger partial charge is 0.465 e. The van der Waals surface area contributed by atoms with Gasteiger partial charge >= 0.3 is 5.97 Å². The van der Waals surface area contributed by atoms with Crippen molar-refractivity contribution in [1.29, 1.82) is 0 Å². The molecule has 2 rings (SSSR count). The molecular weight excluding hydrogens is 314 g/mol.